The fraction of sp³-hybridized carbons (Fsp3) is 0.375. The molecule has 6 aromatic heterocycles. The Hall–Kier alpha value is -5.37. The van der Waals surface area contributed by atoms with Crippen LogP contribution in [0.4, 0.5) is 39.5 Å². The van der Waals surface area contributed by atoms with Crippen molar-refractivity contribution >= 4 is 36.3 Å². The SMILES string of the molecule is CC(=NC(C)C)c1ccc[n-]1.CC(C)N=C(c1ccc[n-]1)C(F)(F)F.CC(C)N=Cc1ccc(C(F)(F)F)[n-]1.CN=Cc1ccc[n-]1.Cc1ccc(C=NC(C)C)[n-]1.FC(F)(F)N=Cc1ccc[n-]1.[Mn+2].[Mn+2].[Mn+2]. The van der Waals surface area contributed by atoms with Crippen molar-refractivity contribution < 1.29 is 90.7 Å². The fourth-order valence-corrected chi connectivity index (χ4v) is 4.62. The van der Waals surface area contributed by atoms with E-state index >= 15 is 0 Å². The van der Waals surface area contributed by atoms with Crippen molar-refractivity contribution in [3.05, 3.63) is 143 Å². The zero-order chi connectivity index (χ0) is 52.2. The molecule has 0 amide bonds. The van der Waals surface area contributed by atoms with Gasteiger partial charge in [0.25, 0.3) is 0 Å². The molecule has 0 aliphatic rings. The van der Waals surface area contributed by atoms with Crippen LogP contribution in [-0.4, -0.2) is 80.0 Å². The first-order chi connectivity index (χ1) is 32.2. The Morgan fingerprint density at radius 2 is 0.944 bits per heavy atom. The summed E-state index contributed by atoms with van der Waals surface area (Å²) in [4.78, 5) is 45.0. The number of halogens is 9. The van der Waals surface area contributed by atoms with Crippen LogP contribution in [0.3, 0.4) is 0 Å². The smallest absolute Gasteiger partial charge is 0.663 e. The summed E-state index contributed by atoms with van der Waals surface area (Å²) in [5.74, 6) is 0. The maximum absolute atomic E-state index is 12.5. The molecule has 393 valence electrons. The minimum absolute atomic E-state index is 0. The number of hydrogen-bond donors (Lipinski definition) is 0. The van der Waals surface area contributed by atoms with E-state index < -0.39 is 36.1 Å². The molecule has 12 nitrogen and oxygen atoms in total. The van der Waals surface area contributed by atoms with Gasteiger partial charge in [0.1, 0.15) is 5.71 Å². The first-order valence-electron chi connectivity index (χ1n) is 21.1. The van der Waals surface area contributed by atoms with Gasteiger partial charge in [-0.1, -0.05) is 85.4 Å². The molecule has 0 saturated carbocycles. The topological polar surface area (TPSA) is 159 Å². The molecule has 72 heavy (non-hydrogen) atoms. The zero-order valence-corrected chi connectivity index (χ0v) is 44.8. The molecular weight excluding hydrogens is 1080 g/mol. The number of aliphatic imine (C=N–C) groups is 6. The third-order valence-corrected chi connectivity index (χ3v) is 7.35. The van der Waals surface area contributed by atoms with Gasteiger partial charge < -0.3 is 29.9 Å². The molecule has 0 unspecified atom stereocenters. The number of nitrogens with zero attached hydrogens (tertiary/aromatic N) is 12. The summed E-state index contributed by atoms with van der Waals surface area (Å²) in [6.45, 7) is 19.0. The number of aryl methyl sites for hydroxylation is 1. The van der Waals surface area contributed by atoms with Crippen molar-refractivity contribution in [2.24, 2.45) is 30.0 Å². The molecule has 6 heterocycles. The average molecular weight is 1140 g/mol. The van der Waals surface area contributed by atoms with Gasteiger partial charge in [0, 0.05) is 61.8 Å². The van der Waals surface area contributed by atoms with E-state index in [-0.39, 0.29) is 74.3 Å². The van der Waals surface area contributed by atoms with Gasteiger partial charge >= 0.3 is 69.9 Å². The van der Waals surface area contributed by atoms with Crippen LogP contribution in [-0.2, 0) is 57.4 Å². The number of rotatable bonds is 10. The first-order valence-corrected chi connectivity index (χ1v) is 21.1. The van der Waals surface area contributed by atoms with Crippen LogP contribution in [0.5, 0.6) is 0 Å². The summed E-state index contributed by atoms with van der Waals surface area (Å²) in [5.41, 5.74) is 3.49. The van der Waals surface area contributed by atoms with Crippen molar-refractivity contribution in [2.45, 2.75) is 112 Å². The van der Waals surface area contributed by atoms with Gasteiger partial charge in [0.05, 0.1) is 0 Å². The molecule has 0 spiro atoms. The molecule has 0 atom stereocenters. The predicted octanol–water partition coefficient (Wildman–Crippen LogP) is 10.8. The zero-order valence-electron chi connectivity index (χ0n) is 41.3. The van der Waals surface area contributed by atoms with Crippen LogP contribution in [0.1, 0.15) is 108 Å². The fourth-order valence-electron chi connectivity index (χ4n) is 4.62. The maximum atomic E-state index is 12.5. The second kappa shape index (κ2) is 36.5. The van der Waals surface area contributed by atoms with Crippen molar-refractivity contribution in [3.8, 4) is 0 Å². The molecule has 0 bridgehead atoms. The number of alkyl halides is 9. The van der Waals surface area contributed by atoms with E-state index in [4.69, 9.17) is 0 Å². The van der Waals surface area contributed by atoms with E-state index in [0.717, 1.165) is 34.6 Å². The van der Waals surface area contributed by atoms with Crippen LogP contribution >= 0.6 is 0 Å². The first kappa shape index (κ1) is 70.9. The second-order valence-corrected chi connectivity index (χ2v) is 15.2. The largest absolute Gasteiger partial charge is 2.00 e. The minimum atomic E-state index is -4.50. The van der Waals surface area contributed by atoms with Crippen LogP contribution < -0.4 is 29.9 Å². The van der Waals surface area contributed by atoms with Gasteiger partial charge in [-0.3, -0.25) is 25.0 Å². The summed E-state index contributed by atoms with van der Waals surface area (Å²) in [5, 5.41) is 0. The molecule has 0 aromatic carbocycles. The monoisotopic (exact) mass is 1140 g/mol. The number of aromatic nitrogens is 6. The van der Waals surface area contributed by atoms with E-state index in [1.165, 1.54) is 48.9 Å². The quantitative estimate of drug-likeness (QED) is 0.0575. The van der Waals surface area contributed by atoms with Crippen LogP contribution in [0.25, 0.3) is 0 Å². The normalized spacial score (nSPS) is 12.0. The Morgan fingerprint density at radius 3 is 1.29 bits per heavy atom. The molecule has 0 aliphatic carbocycles. The van der Waals surface area contributed by atoms with Gasteiger partial charge in [-0.2, -0.15) is 61.8 Å². The van der Waals surface area contributed by atoms with E-state index in [0.29, 0.717) is 18.3 Å². The molecule has 3 radical (unpaired) electrons. The van der Waals surface area contributed by atoms with Gasteiger partial charge in [-0.25, -0.2) is 0 Å². The van der Waals surface area contributed by atoms with Gasteiger partial charge in [0.2, 0.25) is 0 Å². The van der Waals surface area contributed by atoms with Gasteiger partial charge in [-0.15, -0.1) is 47.3 Å². The maximum Gasteiger partial charge on any atom is 2.00 e. The standard InChI is InChI=1S/2C9H10F3N2.2C9H13N2.C6H4F3N2.C6H7N2.3Mn/c1-6(2)13-5-7-3-4-8(14-7)9(10,11)12;1-6(2)14-8(9(10,11)12)7-4-3-5-13-7;1-7(2)10-6-9-5-4-8(3)11-9;1-7(2)11-8(3)9-5-4-6-10-9;7-6(8,9)11-4-5-2-1-3-10-5;1-7-5-6-3-2-4-8-6;;;/h2*3-6H,1-2H3;2*4-7H,1-3H3;1-4H;2-5H,1H3;;;/q6*-1;3*+2. The third-order valence-electron chi connectivity index (χ3n) is 7.35. The molecule has 0 saturated heterocycles. The van der Waals surface area contributed by atoms with Crippen LogP contribution in [0.15, 0.2) is 128 Å². The second-order valence-electron chi connectivity index (χ2n) is 15.2. The number of hydrogen-bond acceptors (Lipinski definition) is 6. The summed E-state index contributed by atoms with van der Waals surface area (Å²) in [6, 6.07) is 20.0. The molecule has 6 rings (SSSR count). The Labute approximate surface area is 446 Å². The minimum Gasteiger partial charge on any atom is -0.663 e. The predicted molar refractivity (Wildman–Crippen MR) is 256 cm³/mol. The summed E-state index contributed by atoms with van der Waals surface area (Å²) in [6.07, 6.45) is -1.49. The molecule has 0 fully saturated rings. The van der Waals surface area contributed by atoms with Crippen LogP contribution in [0.2, 0.25) is 0 Å². The summed E-state index contributed by atoms with van der Waals surface area (Å²) >= 11 is 0. The van der Waals surface area contributed by atoms with Crippen molar-refractivity contribution in [1.29, 1.82) is 0 Å². The Kier molecular flexibility index (Phi) is 36.0. The summed E-state index contributed by atoms with van der Waals surface area (Å²) in [7, 11) is 1.73. The van der Waals surface area contributed by atoms with Crippen LogP contribution in [0, 0.1) is 6.92 Å². The summed E-state index contributed by atoms with van der Waals surface area (Å²) < 4.78 is 108. The molecule has 24 heteroatoms. The third kappa shape index (κ3) is 34.1. The molecule has 0 aliphatic heterocycles. The Bertz CT molecular complexity index is 2400. The Balaban J connectivity index is -0.000000793. The molecular formula is C48H57F9Mn3N12. The van der Waals surface area contributed by atoms with Gasteiger partial charge in [-0.05, 0) is 62.3 Å². The van der Waals surface area contributed by atoms with Gasteiger partial charge in [0.15, 0.2) is 0 Å². The van der Waals surface area contributed by atoms with Crippen molar-refractivity contribution in [3.63, 3.8) is 0 Å². The van der Waals surface area contributed by atoms with E-state index in [1.807, 2.05) is 84.2 Å². The van der Waals surface area contributed by atoms with E-state index in [2.05, 4.69) is 73.7 Å². The van der Waals surface area contributed by atoms with E-state index in [9.17, 15) is 39.5 Å². The molecule has 6 aromatic rings. The van der Waals surface area contributed by atoms with Crippen molar-refractivity contribution in [1.82, 2.24) is 29.9 Å². The molecule has 0 N–H and O–H groups in total. The Morgan fingerprint density at radius 1 is 0.500 bits per heavy atom. The van der Waals surface area contributed by atoms with E-state index in [1.54, 1.807) is 39.5 Å². The van der Waals surface area contributed by atoms with Crippen molar-refractivity contribution in [2.75, 3.05) is 7.05 Å². The average Bonchev–Trinajstić information content (AvgIpc) is 4.10.